The lowest BCUT2D eigenvalue weighted by molar-refractivity contribution is 0.0696. The van der Waals surface area contributed by atoms with E-state index in [-0.39, 0.29) is 11.5 Å². The number of aryl methyl sites for hydroxylation is 1. The summed E-state index contributed by atoms with van der Waals surface area (Å²) in [7, 11) is 0. The van der Waals surface area contributed by atoms with E-state index in [4.69, 9.17) is 9.84 Å². The van der Waals surface area contributed by atoms with Crippen LogP contribution in [0.5, 0.6) is 5.75 Å². The highest BCUT2D eigenvalue weighted by molar-refractivity contribution is 6.04. The van der Waals surface area contributed by atoms with E-state index in [2.05, 4.69) is 15.2 Å². The highest BCUT2D eigenvalue weighted by atomic mass is 16.5. The minimum Gasteiger partial charge on any atom is -0.493 e. The number of carboxylic acids is 1. The predicted molar refractivity (Wildman–Crippen MR) is 127 cm³/mol. The van der Waals surface area contributed by atoms with Gasteiger partial charge in [0.25, 0.3) is 5.91 Å². The van der Waals surface area contributed by atoms with Gasteiger partial charge in [-0.05, 0) is 68.1 Å². The van der Waals surface area contributed by atoms with E-state index in [1.54, 1.807) is 30.5 Å². The zero-order valence-electron chi connectivity index (χ0n) is 18.5. The van der Waals surface area contributed by atoms with Gasteiger partial charge in [0.05, 0.1) is 24.1 Å². The zero-order valence-corrected chi connectivity index (χ0v) is 18.5. The number of piperidine rings is 1. The van der Waals surface area contributed by atoms with Crippen molar-refractivity contribution in [3.05, 3.63) is 83.6 Å². The third kappa shape index (κ3) is 5.88. The van der Waals surface area contributed by atoms with Crippen molar-refractivity contribution in [2.45, 2.75) is 19.8 Å². The van der Waals surface area contributed by atoms with Gasteiger partial charge in [0.2, 0.25) is 0 Å². The monoisotopic (exact) mass is 445 g/mol. The fraction of sp³-hybridized carbons (Fsp3) is 0.269. The first kappa shape index (κ1) is 22.3. The van der Waals surface area contributed by atoms with Crippen LogP contribution in [0.15, 0.2) is 66.9 Å². The van der Waals surface area contributed by atoms with Crippen molar-refractivity contribution in [2.24, 2.45) is 5.92 Å². The second-order valence-corrected chi connectivity index (χ2v) is 8.30. The van der Waals surface area contributed by atoms with Crippen LogP contribution in [0.2, 0.25) is 0 Å². The summed E-state index contributed by atoms with van der Waals surface area (Å²) in [6, 6.07) is 17.8. The Balaban J connectivity index is 1.25. The third-order valence-corrected chi connectivity index (χ3v) is 5.82. The van der Waals surface area contributed by atoms with Crippen molar-refractivity contribution in [1.29, 1.82) is 0 Å². The minimum atomic E-state index is -0.956. The Hall–Kier alpha value is -3.87. The van der Waals surface area contributed by atoms with Crippen molar-refractivity contribution < 1.29 is 19.4 Å². The summed E-state index contributed by atoms with van der Waals surface area (Å²) >= 11 is 0. The van der Waals surface area contributed by atoms with Crippen molar-refractivity contribution in [2.75, 3.05) is 29.9 Å². The molecule has 1 aromatic heterocycles. The van der Waals surface area contributed by atoms with Crippen molar-refractivity contribution in [3.8, 4) is 5.75 Å². The van der Waals surface area contributed by atoms with E-state index in [1.807, 2.05) is 43.3 Å². The molecule has 33 heavy (non-hydrogen) atoms. The number of ether oxygens (including phenoxy) is 1. The number of hydrogen-bond donors (Lipinski definition) is 2. The number of carboxylic acid groups (broad SMARTS) is 1. The van der Waals surface area contributed by atoms with E-state index in [9.17, 15) is 9.59 Å². The molecular weight excluding hydrogens is 418 g/mol. The maximum Gasteiger partial charge on any atom is 0.335 e. The molecule has 0 atom stereocenters. The summed E-state index contributed by atoms with van der Waals surface area (Å²) in [6.45, 7) is 4.28. The molecule has 1 aliphatic rings. The molecule has 0 unspecified atom stereocenters. The van der Waals surface area contributed by atoms with Crippen molar-refractivity contribution in [1.82, 2.24) is 4.98 Å². The number of aromatic carboxylic acids is 1. The first-order valence-corrected chi connectivity index (χ1v) is 11.0. The molecule has 0 radical (unpaired) electrons. The number of aromatic nitrogens is 1. The van der Waals surface area contributed by atoms with Crippen molar-refractivity contribution >= 4 is 23.4 Å². The Morgan fingerprint density at radius 1 is 1.06 bits per heavy atom. The van der Waals surface area contributed by atoms with Gasteiger partial charge in [0, 0.05) is 18.7 Å². The van der Waals surface area contributed by atoms with Gasteiger partial charge in [0.1, 0.15) is 11.6 Å². The predicted octanol–water partition coefficient (Wildman–Crippen LogP) is 4.64. The molecule has 0 aliphatic carbocycles. The van der Waals surface area contributed by atoms with Gasteiger partial charge >= 0.3 is 5.97 Å². The number of anilines is 2. The summed E-state index contributed by atoms with van der Waals surface area (Å²) in [5.41, 5.74) is 2.62. The van der Waals surface area contributed by atoms with E-state index in [1.165, 1.54) is 0 Å². The molecule has 2 N–H and O–H groups in total. The molecule has 0 bridgehead atoms. The topological polar surface area (TPSA) is 91.8 Å². The number of benzene rings is 2. The van der Waals surface area contributed by atoms with Crippen LogP contribution in [0.3, 0.4) is 0 Å². The molecule has 2 heterocycles. The summed E-state index contributed by atoms with van der Waals surface area (Å²) in [5.74, 6) is 0.767. The second kappa shape index (κ2) is 10.2. The molecule has 4 rings (SSSR count). The molecule has 0 saturated carbocycles. The van der Waals surface area contributed by atoms with E-state index < -0.39 is 5.97 Å². The number of carbonyl (C=O) groups is 2. The highest BCUT2D eigenvalue weighted by Crippen LogP contribution is 2.24. The third-order valence-electron chi connectivity index (χ3n) is 5.82. The smallest absolute Gasteiger partial charge is 0.335 e. The first-order chi connectivity index (χ1) is 16.0. The fourth-order valence-electron chi connectivity index (χ4n) is 3.82. The molecule has 1 aliphatic heterocycles. The molecule has 170 valence electrons. The second-order valence-electron chi connectivity index (χ2n) is 8.30. The van der Waals surface area contributed by atoms with Crippen molar-refractivity contribution in [3.63, 3.8) is 0 Å². The largest absolute Gasteiger partial charge is 0.493 e. The standard InChI is InChI=1S/C26H27N3O4/c1-18-5-7-20(8-6-18)25(30)28-22-9-10-24(27-16-22)29-13-11-19(12-14-29)17-33-23-4-2-3-21(15-23)26(31)32/h2-10,15-16,19H,11-14,17H2,1H3,(H,28,30)(H,31,32). The molecular formula is C26H27N3O4. The Labute approximate surface area is 193 Å². The summed E-state index contributed by atoms with van der Waals surface area (Å²) in [6.07, 6.45) is 3.62. The molecule has 3 aromatic rings. The molecule has 7 heteroatoms. The molecule has 1 fully saturated rings. The van der Waals surface area contributed by atoms with Gasteiger partial charge in [-0.2, -0.15) is 0 Å². The zero-order chi connectivity index (χ0) is 23.2. The van der Waals surface area contributed by atoms with E-state index >= 15 is 0 Å². The quantitative estimate of drug-likeness (QED) is 0.551. The number of carbonyl (C=O) groups excluding carboxylic acids is 1. The van der Waals surface area contributed by atoms with Gasteiger partial charge in [-0.1, -0.05) is 23.8 Å². The van der Waals surface area contributed by atoms with Crippen LogP contribution in [0.1, 0.15) is 39.1 Å². The van der Waals surface area contributed by atoms with Crippen LogP contribution in [-0.2, 0) is 0 Å². The highest BCUT2D eigenvalue weighted by Gasteiger charge is 2.21. The normalized spacial score (nSPS) is 14.0. The van der Waals surface area contributed by atoms with Gasteiger partial charge < -0.3 is 20.1 Å². The summed E-state index contributed by atoms with van der Waals surface area (Å²) in [4.78, 5) is 30.2. The van der Waals surface area contributed by atoms with Crippen LogP contribution in [0.4, 0.5) is 11.5 Å². The van der Waals surface area contributed by atoms with Gasteiger partial charge in [-0.3, -0.25) is 4.79 Å². The number of rotatable bonds is 7. The summed E-state index contributed by atoms with van der Waals surface area (Å²) < 4.78 is 5.84. The average Bonchev–Trinajstić information content (AvgIpc) is 2.84. The van der Waals surface area contributed by atoms with Crippen LogP contribution in [-0.4, -0.2) is 41.7 Å². The number of nitrogens with zero attached hydrogens (tertiary/aromatic N) is 2. The molecule has 1 amide bonds. The SMILES string of the molecule is Cc1ccc(C(=O)Nc2ccc(N3CCC(COc4cccc(C(=O)O)c4)CC3)nc2)cc1. The number of pyridine rings is 1. The van der Waals surface area contributed by atoms with Gasteiger partial charge in [-0.15, -0.1) is 0 Å². The van der Waals surface area contributed by atoms with E-state index in [0.29, 0.717) is 29.5 Å². The first-order valence-electron chi connectivity index (χ1n) is 11.0. The van der Waals surface area contributed by atoms with Crippen LogP contribution >= 0.6 is 0 Å². The van der Waals surface area contributed by atoms with Crippen LogP contribution < -0.4 is 15.0 Å². The number of amides is 1. The number of hydrogen-bond acceptors (Lipinski definition) is 5. The van der Waals surface area contributed by atoms with Gasteiger partial charge in [0.15, 0.2) is 0 Å². The molecule has 2 aromatic carbocycles. The molecule has 1 saturated heterocycles. The maximum absolute atomic E-state index is 12.4. The van der Waals surface area contributed by atoms with E-state index in [0.717, 1.165) is 37.3 Å². The van der Waals surface area contributed by atoms with Gasteiger partial charge in [-0.25, -0.2) is 9.78 Å². The lowest BCUT2D eigenvalue weighted by Gasteiger charge is -2.32. The Bertz CT molecular complexity index is 1110. The molecule has 7 nitrogen and oxygen atoms in total. The number of nitrogens with one attached hydrogen (secondary N) is 1. The Morgan fingerprint density at radius 2 is 1.82 bits per heavy atom. The Morgan fingerprint density at radius 3 is 2.48 bits per heavy atom. The van der Waals surface area contributed by atoms with Crippen LogP contribution in [0.25, 0.3) is 0 Å². The Kier molecular flexibility index (Phi) is 6.88. The summed E-state index contributed by atoms with van der Waals surface area (Å²) in [5, 5.41) is 12.0. The maximum atomic E-state index is 12.4. The lowest BCUT2D eigenvalue weighted by Crippen LogP contribution is -2.36. The lowest BCUT2D eigenvalue weighted by atomic mass is 9.98. The molecule has 0 spiro atoms. The van der Waals surface area contributed by atoms with Crippen LogP contribution in [0, 0.1) is 12.8 Å². The average molecular weight is 446 g/mol. The fourth-order valence-corrected chi connectivity index (χ4v) is 3.82. The minimum absolute atomic E-state index is 0.153.